The molecule has 2 aromatic rings. The Hall–Kier alpha value is -1.84. The Labute approximate surface area is 149 Å². The number of hydrogen-bond donors (Lipinski definition) is 2. The zero-order valence-corrected chi connectivity index (χ0v) is 15.2. The maximum atomic E-state index is 12.4. The normalized spacial score (nSPS) is 12.7. The second-order valence-corrected chi connectivity index (χ2v) is 6.99. The summed E-state index contributed by atoms with van der Waals surface area (Å²) in [4.78, 5) is 12.4. The van der Waals surface area contributed by atoms with Gasteiger partial charge in [0.05, 0.1) is 12.6 Å². The summed E-state index contributed by atoms with van der Waals surface area (Å²) in [5, 5.41) is 7.10. The summed E-state index contributed by atoms with van der Waals surface area (Å²) in [5.74, 6) is -0.0275. The van der Waals surface area contributed by atoms with Crippen molar-refractivity contribution in [2.45, 2.75) is 38.8 Å². The zero-order chi connectivity index (χ0) is 17.6. The highest BCUT2D eigenvalue weighted by Gasteiger charge is 2.19. The van der Waals surface area contributed by atoms with E-state index in [0.717, 1.165) is 17.5 Å². The average molecular weight is 345 g/mol. The molecular weight excluding hydrogens is 320 g/mol. The second-order valence-electron chi connectivity index (χ2n) is 6.55. The quantitative estimate of drug-likeness (QED) is 0.785. The molecule has 1 atom stereocenters. The number of rotatable bonds is 7. The van der Waals surface area contributed by atoms with E-state index in [2.05, 4.69) is 31.4 Å². The summed E-state index contributed by atoms with van der Waals surface area (Å²) < 4.78 is 0. The summed E-state index contributed by atoms with van der Waals surface area (Å²) >= 11 is 5.99. The fourth-order valence-electron chi connectivity index (χ4n) is 2.32. The number of nitrogens with one attached hydrogen (secondary N) is 2. The van der Waals surface area contributed by atoms with E-state index in [1.54, 1.807) is 0 Å². The van der Waals surface area contributed by atoms with Gasteiger partial charge < -0.3 is 10.6 Å². The van der Waals surface area contributed by atoms with Crippen molar-refractivity contribution in [1.29, 1.82) is 0 Å². The van der Waals surface area contributed by atoms with Gasteiger partial charge in [0.25, 0.3) is 0 Å². The third kappa shape index (κ3) is 5.36. The number of benzene rings is 2. The van der Waals surface area contributed by atoms with Crippen molar-refractivity contribution in [2.75, 3.05) is 6.54 Å². The smallest absolute Gasteiger partial charge is 0.234 e. The van der Waals surface area contributed by atoms with Gasteiger partial charge in [-0.1, -0.05) is 61.0 Å². The number of halogens is 1. The first-order valence-corrected chi connectivity index (χ1v) is 8.64. The molecular formula is C20H25ClN2O. The van der Waals surface area contributed by atoms with Crippen LogP contribution in [0.1, 0.15) is 44.4 Å². The number of carbonyl (C=O) groups is 1. The van der Waals surface area contributed by atoms with Gasteiger partial charge in [0.2, 0.25) is 5.91 Å². The zero-order valence-electron chi connectivity index (χ0n) is 14.5. The van der Waals surface area contributed by atoms with Crippen molar-refractivity contribution in [3.8, 4) is 0 Å². The summed E-state index contributed by atoms with van der Waals surface area (Å²) in [5.41, 5.74) is 2.00. The van der Waals surface area contributed by atoms with Gasteiger partial charge in [-0.05, 0) is 43.5 Å². The maximum Gasteiger partial charge on any atom is 0.234 e. The van der Waals surface area contributed by atoms with E-state index in [9.17, 15) is 4.79 Å². The van der Waals surface area contributed by atoms with Crippen LogP contribution in [0.3, 0.4) is 0 Å². The predicted molar refractivity (Wildman–Crippen MR) is 100 cm³/mol. The Balaban J connectivity index is 2.15. The molecule has 0 aliphatic rings. The van der Waals surface area contributed by atoms with Gasteiger partial charge in [0, 0.05) is 10.6 Å². The van der Waals surface area contributed by atoms with Gasteiger partial charge in [-0.15, -0.1) is 0 Å². The molecule has 0 aliphatic carbocycles. The molecule has 24 heavy (non-hydrogen) atoms. The summed E-state index contributed by atoms with van der Waals surface area (Å²) in [7, 11) is 0. The van der Waals surface area contributed by atoms with Crippen LogP contribution in [0.2, 0.25) is 5.02 Å². The Morgan fingerprint density at radius 1 is 1.04 bits per heavy atom. The van der Waals surface area contributed by atoms with E-state index >= 15 is 0 Å². The predicted octanol–water partition coefficient (Wildman–Crippen LogP) is 4.32. The monoisotopic (exact) mass is 344 g/mol. The van der Waals surface area contributed by atoms with Crippen molar-refractivity contribution in [3.05, 3.63) is 70.7 Å². The highest BCUT2D eigenvalue weighted by atomic mass is 35.5. The van der Waals surface area contributed by atoms with Crippen molar-refractivity contribution >= 4 is 17.5 Å². The van der Waals surface area contributed by atoms with Crippen LogP contribution < -0.4 is 10.6 Å². The standard InChI is InChI=1S/C20H25ClN2O/c1-4-20(2,3)22-14-18(24)23-19(15-8-6-5-7-9-15)16-10-12-17(21)13-11-16/h5-13,19,22H,4,14H2,1-3H3,(H,23,24)/t19-/m0/s1. The first kappa shape index (κ1) is 18.5. The Bertz CT molecular complexity index is 653. The lowest BCUT2D eigenvalue weighted by atomic mass is 9.98. The molecule has 128 valence electrons. The van der Waals surface area contributed by atoms with Crippen molar-refractivity contribution < 1.29 is 4.79 Å². The van der Waals surface area contributed by atoms with Crippen LogP contribution in [0.4, 0.5) is 0 Å². The molecule has 2 N–H and O–H groups in total. The summed E-state index contributed by atoms with van der Waals surface area (Å²) in [6, 6.07) is 17.3. The highest BCUT2D eigenvalue weighted by molar-refractivity contribution is 6.30. The van der Waals surface area contributed by atoms with Gasteiger partial charge in [0.1, 0.15) is 0 Å². The fourth-order valence-corrected chi connectivity index (χ4v) is 2.44. The van der Waals surface area contributed by atoms with Crippen LogP contribution >= 0.6 is 11.6 Å². The first-order chi connectivity index (χ1) is 11.4. The van der Waals surface area contributed by atoms with E-state index in [1.165, 1.54) is 0 Å². The van der Waals surface area contributed by atoms with Crippen LogP contribution in [0.5, 0.6) is 0 Å². The van der Waals surface area contributed by atoms with Crippen LogP contribution in [0.15, 0.2) is 54.6 Å². The van der Waals surface area contributed by atoms with E-state index in [-0.39, 0.29) is 24.0 Å². The molecule has 0 fully saturated rings. The molecule has 4 heteroatoms. The van der Waals surface area contributed by atoms with Crippen LogP contribution in [0.25, 0.3) is 0 Å². The highest BCUT2D eigenvalue weighted by Crippen LogP contribution is 2.23. The van der Waals surface area contributed by atoms with E-state index < -0.39 is 0 Å². The van der Waals surface area contributed by atoms with Gasteiger partial charge in [-0.25, -0.2) is 0 Å². The maximum absolute atomic E-state index is 12.4. The molecule has 2 aromatic carbocycles. The lowest BCUT2D eigenvalue weighted by molar-refractivity contribution is -0.121. The van der Waals surface area contributed by atoms with Crippen molar-refractivity contribution in [1.82, 2.24) is 10.6 Å². The summed E-state index contributed by atoms with van der Waals surface area (Å²) in [6.45, 7) is 6.57. The molecule has 0 bridgehead atoms. The molecule has 3 nitrogen and oxygen atoms in total. The molecule has 1 amide bonds. The SMILES string of the molecule is CCC(C)(C)NCC(=O)N[C@@H](c1ccccc1)c1ccc(Cl)cc1. The third-order valence-corrected chi connectivity index (χ3v) is 4.50. The third-order valence-electron chi connectivity index (χ3n) is 4.25. The van der Waals surface area contributed by atoms with Crippen molar-refractivity contribution in [2.24, 2.45) is 0 Å². The Kier molecular flexibility index (Phi) is 6.41. The van der Waals surface area contributed by atoms with Gasteiger partial charge in [-0.3, -0.25) is 4.79 Å². The Morgan fingerprint density at radius 3 is 2.21 bits per heavy atom. The van der Waals surface area contributed by atoms with Gasteiger partial charge in [0.15, 0.2) is 0 Å². The molecule has 0 saturated carbocycles. The fraction of sp³-hybridized carbons (Fsp3) is 0.350. The van der Waals surface area contributed by atoms with Crippen molar-refractivity contribution in [3.63, 3.8) is 0 Å². The minimum atomic E-state index is -0.192. The molecule has 0 saturated heterocycles. The van der Waals surface area contributed by atoms with Crippen LogP contribution in [0, 0.1) is 0 Å². The minimum Gasteiger partial charge on any atom is -0.344 e. The number of amides is 1. The molecule has 0 heterocycles. The molecule has 0 spiro atoms. The topological polar surface area (TPSA) is 41.1 Å². The molecule has 0 aliphatic heterocycles. The van der Waals surface area contributed by atoms with Crippen LogP contribution in [-0.4, -0.2) is 18.0 Å². The largest absolute Gasteiger partial charge is 0.344 e. The average Bonchev–Trinajstić information content (AvgIpc) is 2.60. The van der Waals surface area contributed by atoms with Gasteiger partial charge >= 0.3 is 0 Å². The minimum absolute atomic E-state index is 0.0275. The van der Waals surface area contributed by atoms with E-state index in [4.69, 9.17) is 11.6 Å². The molecule has 0 aromatic heterocycles. The first-order valence-electron chi connectivity index (χ1n) is 8.26. The number of hydrogen-bond acceptors (Lipinski definition) is 2. The van der Waals surface area contributed by atoms with Crippen LogP contribution in [-0.2, 0) is 4.79 Å². The molecule has 0 radical (unpaired) electrons. The Morgan fingerprint density at radius 2 is 1.62 bits per heavy atom. The number of carbonyl (C=O) groups excluding carboxylic acids is 1. The van der Waals surface area contributed by atoms with E-state index in [1.807, 2.05) is 54.6 Å². The second kappa shape index (κ2) is 8.32. The van der Waals surface area contributed by atoms with Gasteiger partial charge in [-0.2, -0.15) is 0 Å². The van der Waals surface area contributed by atoms with E-state index in [0.29, 0.717) is 5.02 Å². The molecule has 0 unspecified atom stereocenters. The lowest BCUT2D eigenvalue weighted by Crippen LogP contribution is -2.45. The summed E-state index contributed by atoms with van der Waals surface area (Å²) in [6.07, 6.45) is 0.958. The lowest BCUT2D eigenvalue weighted by Gasteiger charge is -2.25. The molecule has 2 rings (SSSR count).